The number of nitrogens with one attached hydrogen (secondary N) is 2. The van der Waals surface area contributed by atoms with Crippen LogP contribution in [0.2, 0.25) is 0 Å². The molecule has 1 aromatic rings. The fourth-order valence-electron chi connectivity index (χ4n) is 2.00. The van der Waals surface area contributed by atoms with Gasteiger partial charge in [-0.15, -0.1) is 0 Å². The molecule has 0 bridgehead atoms. The lowest BCUT2D eigenvalue weighted by Gasteiger charge is -2.24. The first-order valence-corrected chi connectivity index (χ1v) is 5.69. The number of anilines is 1. The number of halogens is 2. The molecule has 1 aliphatic heterocycles. The molecule has 1 saturated heterocycles. The summed E-state index contributed by atoms with van der Waals surface area (Å²) in [4.78, 5) is 11.9. The number of rotatable bonds is 2. The minimum Gasteiger partial charge on any atom is -0.396 e. The number of nitrogens with two attached hydrogens (primary N) is 1. The Morgan fingerprint density at radius 2 is 2.17 bits per heavy atom. The van der Waals surface area contributed by atoms with E-state index in [-0.39, 0.29) is 11.3 Å². The fraction of sp³-hybridized carbons (Fsp3) is 0.417. The third-order valence-electron chi connectivity index (χ3n) is 3.12. The van der Waals surface area contributed by atoms with Crippen molar-refractivity contribution in [1.82, 2.24) is 10.6 Å². The summed E-state index contributed by atoms with van der Waals surface area (Å²) in [6.45, 7) is 3.25. The van der Waals surface area contributed by atoms with Crippen LogP contribution >= 0.6 is 0 Å². The smallest absolute Gasteiger partial charge is 0.254 e. The van der Waals surface area contributed by atoms with Crippen LogP contribution in [0.3, 0.4) is 0 Å². The lowest BCUT2D eigenvalue weighted by Crippen LogP contribution is -2.47. The molecule has 2 rings (SSSR count). The van der Waals surface area contributed by atoms with E-state index in [9.17, 15) is 13.6 Å². The molecule has 0 aliphatic carbocycles. The second kappa shape index (κ2) is 4.53. The van der Waals surface area contributed by atoms with Crippen LogP contribution in [0, 0.1) is 11.6 Å². The lowest BCUT2D eigenvalue weighted by atomic mass is 10.0. The van der Waals surface area contributed by atoms with Crippen LogP contribution in [-0.4, -0.2) is 24.5 Å². The van der Waals surface area contributed by atoms with Crippen molar-refractivity contribution in [3.05, 3.63) is 29.3 Å². The van der Waals surface area contributed by atoms with Gasteiger partial charge in [-0.3, -0.25) is 4.79 Å². The van der Waals surface area contributed by atoms with Gasteiger partial charge in [0.05, 0.1) is 16.8 Å². The largest absolute Gasteiger partial charge is 0.396 e. The minimum atomic E-state index is -0.819. The third-order valence-corrected chi connectivity index (χ3v) is 3.12. The Morgan fingerprint density at radius 1 is 1.44 bits per heavy atom. The molecule has 1 aromatic carbocycles. The highest BCUT2D eigenvalue weighted by Gasteiger charge is 2.31. The predicted molar refractivity (Wildman–Crippen MR) is 64.1 cm³/mol. The summed E-state index contributed by atoms with van der Waals surface area (Å²) < 4.78 is 26.8. The van der Waals surface area contributed by atoms with E-state index in [0.29, 0.717) is 6.54 Å². The predicted octanol–water partition coefficient (Wildman–Crippen LogP) is 1.03. The van der Waals surface area contributed by atoms with Crippen LogP contribution in [0.4, 0.5) is 14.5 Å². The maximum absolute atomic E-state index is 13.6. The highest BCUT2D eigenvalue weighted by Crippen LogP contribution is 2.19. The Bertz CT molecular complexity index is 484. The Hall–Kier alpha value is -1.69. The normalized spacial score (nSPS) is 23.1. The van der Waals surface area contributed by atoms with E-state index in [1.165, 1.54) is 0 Å². The first-order chi connectivity index (χ1) is 8.41. The van der Waals surface area contributed by atoms with Crippen LogP contribution in [0.1, 0.15) is 23.7 Å². The third kappa shape index (κ3) is 2.43. The van der Waals surface area contributed by atoms with Crippen molar-refractivity contribution in [1.29, 1.82) is 0 Å². The average Bonchev–Trinajstić information content (AvgIpc) is 2.70. The Balaban J connectivity index is 2.21. The molecule has 0 unspecified atom stereocenters. The zero-order chi connectivity index (χ0) is 13.3. The molecule has 18 heavy (non-hydrogen) atoms. The number of carbonyl (C=O) groups is 1. The van der Waals surface area contributed by atoms with Gasteiger partial charge < -0.3 is 16.4 Å². The molecule has 98 valence electrons. The number of benzene rings is 1. The van der Waals surface area contributed by atoms with Gasteiger partial charge in [-0.2, -0.15) is 0 Å². The van der Waals surface area contributed by atoms with Gasteiger partial charge in [0.15, 0.2) is 0 Å². The van der Waals surface area contributed by atoms with Crippen molar-refractivity contribution in [3.8, 4) is 0 Å². The minimum absolute atomic E-state index is 0.308. The molecular formula is C12H15F2N3O. The molecule has 1 heterocycles. The van der Waals surface area contributed by atoms with Gasteiger partial charge in [0.25, 0.3) is 5.91 Å². The van der Waals surface area contributed by atoms with Gasteiger partial charge in [0.2, 0.25) is 0 Å². The molecule has 1 fully saturated rings. The molecule has 1 aliphatic rings. The zero-order valence-electron chi connectivity index (χ0n) is 10.0. The number of amides is 1. The van der Waals surface area contributed by atoms with Crippen LogP contribution in [-0.2, 0) is 0 Å². The summed E-state index contributed by atoms with van der Waals surface area (Å²) in [5, 5.41) is 5.81. The van der Waals surface area contributed by atoms with E-state index in [1.807, 2.05) is 6.92 Å². The quantitative estimate of drug-likeness (QED) is 0.691. The number of hydrogen-bond acceptors (Lipinski definition) is 3. The molecule has 0 spiro atoms. The van der Waals surface area contributed by atoms with Crippen molar-refractivity contribution in [3.63, 3.8) is 0 Å². The molecule has 6 heteroatoms. The topological polar surface area (TPSA) is 67.2 Å². The van der Waals surface area contributed by atoms with Crippen molar-refractivity contribution in [2.45, 2.75) is 18.9 Å². The van der Waals surface area contributed by atoms with Gasteiger partial charge >= 0.3 is 0 Å². The van der Waals surface area contributed by atoms with E-state index in [1.54, 1.807) is 0 Å². The average molecular weight is 255 g/mol. The van der Waals surface area contributed by atoms with Gasteiger partial charge in [-0.05, 0) is 26.0 Å². The standard InChI is InChI=1S/C12H15F2N3O/c1-12(2-3-16-6-12)17-11(18)7-4-9(14)10(15)5-8(7)13/h4-5,16H,2-3,6,15H2,1H3,(H,17,18)/t12-/m1/s1. The van der Waals surface area contributed by atoms with Crippen molar-refractivity contribution in [2.24, 2.45) is 0 Å². The summed E-state index contributed by atoms with van der Waals surface area (Å²) in [5.41, 5.74) is 4.16. The number of nitrogen functional groups attached to an aromatic ring is 1. The lowest BCUT2D eigenvalue weighted by molar-refractivity contribution is 0.0908. The van der Waals surface area contributed by atoms with Gasteiger partial charge in [-0.25, -0.2) is 8.78 Å². The molecule has 0 aromatic heterocycles. The molecular weight excluding hydrogens is 240 g/mol. The first-order valence-electron chi connectivity index (χ1n) is 5.69. The molecule has 0 radical (unpaired) electrons. The first kappa shape index (κ1) is 12.8. The van der Waals surface area contributed by atoms with Crippen LogP contribution in [0.15, 0.2) is 12.1 Å². The summed E-state index contributed by atoms with van der Waals surface area (Å²) in [6, 6.07) is 1.64. The van der Waals surface area contributed by atoms with E-state index < -0.39 is 23.1 Å². The second-order valence-electron chi connectivity index (χ2n) is 4.80. The SMILES string of the molecule is C[C@@]1(NC(=O)c2cc(F)c(N)cc2F)CCNC1. The monoisotopic (exact) mass is 255 g/mol. The summed E-state index contributed by atoms with van der Waals surface area (Å²) in [6.07, 6.45) is 0.748. The maximum atomic E-state index is 13.6. The van der Waals surface area contributed by atoms with Gasteiger partial charge in [-0.1, -0.05) is 0 Å². The van der Waals surface area contributed by atoms with Crippen LogP contribution < -0.4 is 16.4 Å². The molecule has 1 atom stereocenters. The van der Waals surface area contributed by atoms with Gasteiger partial charge in [0, 0.05) is 12.6 Å². The Morgan fingerprint density at radius 3 is 2.78 bits per heavy atom. The van der Waals surface area contributed by atoms with E-state index in [0.717, 1.165) is 25.1 Å². The zero-order valence-corrected chi connectivity index (χ0v) is 10.0. The number of hydrogen-bond donors (Lipinski definition) is 3. The van der Waals surface area contributed by atoms with Crippen molar-refractivity contribution in [2.75, 3.05) is 18.8 Å². The molecule has 1 amide bonds. The summed E-state index contributed by atoms with van der Waals surface area (Å²) in [7, 11) is 0. The number of carbonyl (C=O) groups excluding carboxylic acids is 1. The molecule has 4 N–H and O–H groups in total. The second-order valence-corrected chi connectivity index (χ2v) is 4.80. The fourth-order valence-corrected chi connectivity index (χ4v) is 2.00. The summed E-state index contributed by atoms with van der Waals surface area (Å²) >= 11 is 0. The highest BCUT2D eigenvalue weighted by molar-refractivity contribution is 5.95. The molecule has 4 nitrogen and oxygen atoms in total. The highest BCUT2D eigenvalue weighted by atomic mass is 19.1. The van der Waals surface area contributed by atoms with Crippen LogP contribution in [0.5, 0.6) is 0 Å². The van der Waals surface area contributed by atoms with E-state index in [4.69, 9.17) is 5.73 Å². The Labute approximate surface area is 104 Å². The van der Waals surface area contributed by atoms with Crippen molar-refractivity contribution < 1.29 is 13.6 Å². The Kier molecular flexibility index (Phi) is 3.21. The van der Waals surface area contributed by atoms with Crippen LogP contribution in [0.25, 0.3) is 0 Å². The maximum Gasteiger partial charge on any atom is 0.254 e. The molecule has 0 saturated carbocycles. The van der Waals surface area contributed by atoms with E-state index in [2.05, 4.69) is 10.6 Å². The van der Waals surface area contributed by atoms with E-state index >= 15 is 0 Å². The van der Waals surface area contributed by atoms with Gasteiger partial charge in [0.1, 0.15) is 11.6 Å². The summed E-state index contributed by atoms with van der Waals surface area (Å²) in [5.74, 6) is -2.24. The van der Waals surface area contributed by atoms with Crippen molar-refractivity contribution >= 4 is 11.6 Å².